The fraction of sp³-hybridized carbons (Fsp3) is 0.444. The number of amides is 1. The molecular formula is C18H23ClN2O3S. The lowest BCUT2D eigenvalue weighted by molar-refractivity contribution is -0.118. The minimum absolute atomic E-state index is 0.0580. The number of benzene rings is 1. The highest BCUT2D eigenvalue weighted by atomic mass is 35.5. The van der Waals surface area contributed by atoms with E-state index < -0.39 is 0 Å². The Morgan fingerprint density at radius 3 is 2.84 bits per heavy atom. The molecule has 0 unspecified atom stereocenters. The first kappa shape index (κ1) is 19.8. The number of hydrogen-bond donors (Lipinski definition) is 1. The fourth-order valence-corrected chi connectivity index (χ4v) is 3.40. The molecule has 1 aromatic carbocycles. The van der Waals surface area contributed by atoms with Crippen molar-refractivity contribution in [3.63, 3.8) is 0 Å². The van der Waals surface area contributed by atoms with Gasteiger partial charge >= 0.3 is 0 Å². The van der Waals surface area contributed by atoms with Crippen LogP contribution in [0.3, 0.4) is 0 Å². The second kappa shape index (κ2) is 9.27. The molecule has 0 aliphatic rings. The summed E-state index contributed by atoms with van der Waals surface area (Å²) in [6, 6.07) is 6.98. The Balaban J connectivity index is 1.96. The molecule has 136 valence electrons. The molecule has 0 bridgehead atoms. The van der Waals surface area contributed by atoms with Gasteiger partial charge in [0.25, 0.3) is 5.56 Å². The zero-order valence-corrected chi connectivity index (χ0v) is 16.2. The number of halogens is 1. The van der Waals surface area contributed by atoms with E-state index in [9.17, 15) is 9.59 Å². The van der Waals surface area contributed by atoms with E-state index in [2.05, 4.69) is 5.32 Å². The molecule has 0 aliphatic carbocycles. The summed E-state index contributed by atoms with van der Waals surface area (Å²) in [5.74, 6) is 0.202. The minimum Gasteiger partial charge on any atom is -0.379 e. The minimum atomic E-state index is -0.122. The molecule has 2 aromatic rings. The number of fused-ring (bicyclic) bond motifs is 1. The monoisotopic (exact) mass is 382 g/mol. The molecule has 0 saturated carbocycles. The zero-order valence-electron chi connectivity index (χ0n) is 14.7. The summed E-state index contributed by atoms with van der Waals surface area (Å²) >= 11 is 7.38. The van der Waals surface area contributed by atoms with Crippen molar-refractivity contribution < 1.29 is 9.53 Å². The molecule has 0 aliphatic heterocycles. The Morgan fingerprint density at radius 2 is 2.12 bits per heavy atom. The van der Waals surface area contributed by atoms with E-state index in [4.69, 9.17) is 16.3 Å². The van der Waals surface area contributed by atoms with E-state index in [1.807, 2.05) is 19.9 Å². The van der Waals surface area contributed by atoms with E-state index in [1.54, 1.807) is 29.8 Å². The lowest BCUT2D eigenvalue weighted by atomic mass is 10.2. The molecule has 0 fully saturated rings. The number of hydrogen-bond acceptors (Lipinski definition) is 4. The van der Waals surface area contributed by atoms with Gasteiger partial charge in [-0.25, -0.2) is 0 Å². The maximum absolute atomic E-state index is 12.1. The van der Waals surface area contributed by atoms with Gasteiger partial charge in [-0.1, -0.05) is 17.7 Å². The van der Waals surface area contributed by atoms with E-state index in [0.717, 1.165) is 22.2 Å². The number of carbonyl (C=O) groups is 1. The van der Waals surface area contributed by atoms with Crippen molar-refractivity contribution in [2.24, 2.45) is 7.05 Å². The van der Waals surface area contributed by atoms with E-state index in [0.29, 0.717) is 18.2 Å². The standard InChI is InChI=1S/C18H23ClN2O3S/c1-12(2)24-8-4-7-20-17(22)11-25-16-10-18(23)21(3)15-9-13(19)5-6-14(15)16/h5-6,9-10,12H,4,7-8,11H2,1-3H3,(H,20,22). The molecule has 0 spiro atoms. The normalized spacial score (nSPS) is 11.2. The maximum Gasteiger partial charge on any atom is 0.251 e. The zero-order chi connectivity index (χ0) is 18.4. The third kappa shape index (κ3) is 5.76. The van der Waals surface area contributed by atoms with Crippen molar-refractivity contribution in [2.45, 2.75) is 31.3 Å². The first-order chi connectivity index (χ1) is 11.9. The summed E-state index contributed by atoms with van der Waals surface area (Å²) in [5.41, 5.74) is 0.636. The third-order valence-electron chi connectivity index (χ3n) is 3.62. The molecular weight excluding hydrogens is 360 g/mol. The second-order valence-corrected chi connectivity index (χ2v) is 7.43. The van der Waals surface area contributed by atoms with Crippen LogP contribution in [-0.4, -0.2) is 35.5 Å². The molecule has 1 aromatic heterocycles. The number of thioether (sulfide) groups is 1. The molecule has 1 N–H and O–H groups in total. The van der Waals surface area contributed by atoms with Gasteiger partial charge in [0, 0.05) is 41.6 Å². The largest absolute Gasteiger partial charge is 0.379 e. The Bertz CT molecular complexity index is 805. The number of aryl methyl sites for hydroxylation is 1. The highest BCUT2D eigenvalue weighted by Crippen LogP contribution is 2.28. The smallest absolute Gasteiger partial charge is 0.251 e. The number of nitrogens with zero attached hydrogens (tertiary/aromatic N) is 1. The van der Waals surface area contributed by atoms with Gasteiger partial charge in [0.2, 0.25) is 5.91 Å². The first-order valence-electron chi connectivity index (χ1n) is 8.19. The summed E-state index contributed by atoms with van der Waals surface area (Å²) in [6.07, 6.45) is 0.982. The lowest BCUT2D eigenvalue weighted by Crippen LogP contribution is -2.27. The average Bonchev–Trinajstić information content (AvgIpc) is 2.56. The predicted molar refractivity (Wildman–Crippen MR) is 104 cm³/mol. The van der Waals surface area contributed by atoms with Crippen molar-refractivity contribution >= 4 is 40.2 Å². The molecule has 1 amide bonds. The van der Waals surface area contributed by atoms with Crippen LogP contribution in [-0.2, 0) is 16.6 Å². The van der Waals surface area contributed by atoms with Crippen molar-refractivity contribution in [3.05, 3.63) is 39.6 Å². The summed E-state index contributed by atoms with van der Waals surface area (Å²) < 4.78 is 6.99. The molecule has 1 heterocycles. The van der Waals surface area contributed by atoms with Gasteiger partial charge in [-0.3, -0.25) is 9.59 Å². The fourth-order valence-electron chi connectivity index (χ4n) is 2.33. The van der Waals surface area contributed by atoms with Crippen LogP contribution >= 0.6 is 23.4 Å². The van der Waals surface area contributed by atoms with Crippen LogP contribution in [0.25, 0.3) is 10.9 Å². The van der Waals surface area contributed by atoms with Gasteiger partial charge in [0.15, 0.2) is 0 Å². The number of rotatable bonds is 8. The van der Waals surface area contributed by atoms with Crippen LogP contribution in [0.15, 0.2) is 34.0 Å². The molecule has 0 radical (unpaired) electrons. The van der Waals surface area contributed by atoms with Gasteiger partial charge in [-0.05, 0) is 32.4 Å². The SMILES string of the molecule is CC(C)OCCCNC(=O)CSc1cc(=O)n(C)c2cc(Cl)ccc12. The van der Waals surface area contributed by atoms with Crippen LogP contribution in [0.5, 0.6) is 0 Å². The highest BCUT2D eigenvalue weighted by molar-refractivity contribution is 8.00. The molecule has 0 saturated heterocycles. The van der Waals surface area contributed by atoms with Crippen LogP contribution in [0.4, 0.5) is 0 Å². The Labute approximate surface area is 156 Å². The Hall–Kier alpha value is -1.50. The molecule has 7 heteroatoms. The number of pyridine rings is 1. The molecule has 2 rings (SSSR count). The topological polar surface area (TPSA) is 60.3 Å². The number of aromatic nitrogens is 1. The quantitative estimate of drug-likeness (QED) is 0.562. The van der Waals surface area contributed by atoms with Gasteiger partial charge in [0.1, 0.15) is 0 Å². The van der Waals surface area contributed by atoms with E-state index in [1.165, 1.54) is 11.8 Å². The van der Waals surface area contributed by atoms with Crippen LogP contribution in [0.1, 0.15) is 20.3 Å². The van der Waals surface area contributed by atoms with Crippen molar-refractivity contribution in [2.75, 3.05) is 18.9 Å². The Kier molecular flexibility index (Phi) is 7.35. The molecule has 0 atom stereocenters. The predicted octanol–water partition coefficient (Wildman–Crippen LogP) is 3.22. The van der Waals surface area contributed by atoms with Gasteiger partial charge in [0.05, 0.1) is 17.4 Å². The van der Waals surface area contributed by atoms with E-state index >= 15 is 0 Å². The maximum atomic E-state index is 12.1. The van der Waals surface area contributed by atoms with Gasteiger partial charge < -0.3 is 14.6 Å². The summed E-state index contributed by atoms with van der Waals surface area (Å²) in [6.45, 7) is 5.18. The highest BCUT2D eigenvalue weighted by Gasteiger charge is 2.10. The third-order valence-corrected chi connectivity index (χ3v) is 4.92. The second-order valence-electron chi connectivity index (χ2n) is 5.98. The van der Waals surface area contributed by atoms with E-state index in [-0.39, 0.29) is 23.3 Å². The van der Waals surface area contributed by atoms with Crippen molar-refractivity contribution in [1.29, 1.82) is 0 Å². The summed E-state index contributed by atoms with van der Waals surface area (Å²) in [4.78, 5) is 24.9. The average molecular weight is 383 g/mol. The molecule has 25 heavy (non-hydrogen) atoms. The Morgan fingerprint density at radius 1 is 1.36 bits per heavy atom. The summed E-state index contributed by atoms with van der Waals surface area (Å²) in [7, 11) is 1.71. The van der Waals surface area contributed by atoms with Crippen LogP contribution < -0.4 is 10.9 Å². The van der Waals surface area contributed by atoms with Crippen molar-refractivity contribution in [3.8, 4) is 0 Å². The van der Waals surface area contributed by atoms with Gasteiger partial charge in [-0.2, -0.15) is 0 Å². The summed E-state index contributed by atoms with van der Waals surface area (Å²) in [5, 5.41) is 4.35. The number of ether oxygens (including phenoxy) is 1. The number of carbonyl (C=O) groups excluding carboxylic acids is 1. The molecule has 5 nitrogen and oxygen atoms in total. The van der Waals surface area contributed by atoms with Gasteiger partial charge in [-0.15, -0.1) is 11.8 Å². The van der Waals surface area contributed by atoms with Crippen LogP contribution in [0, 0.1) is 0 Å². The first-order valence-corrected chi connectivity index (χ1v) is 9.55. The van der Waals surface area contributed by atoms with Crippen molar-refractivity contribution in [1.82, 2.24) is 9.88 Å². The van der Waals surface area contributed by atoms with Crippen LogP contribution in [0.2, 0.25) is 5.02 Å². The number of nitrogens with one attached hydrogen (secondary N) is 1. The lowest BCUT2D eigenvalue weighted by Gasteiger charge is -2.11.